The predicted molar refractivity (Wildman–Crippen MR) is 51.2 cm³/mol. The Labute approximate surface area is 79.7 Å². The minimum atomic E-state index is -0.144. The van der Waals surface area contributed by atoms with E-state index in [2.05, 4.69) is 15.3 Å². The van der Waals surface area contributed by atoms with Gasteiger partial charge in [-0.1, -0.05) is 0 Å². The lowest BCUT2D eigenvalue weighted by molar-refractivity contribution is 0.655. The van der Waals surface area contributed by atoms with Gasteiger partial charge in [0.1, 0.15) is 5.52 Å². The van der Waals surface area contributed by atoms with Crippen LogP contribution >= 0.6 is 0 Å². The Morgan fingerprint density at radius 1 is 1.57 bits per heavy atom. The summed E-state index contributed by atoms with van der Waals surface area (Å²) in [7, 11) is 0. The van der Waals surface area contributed by atoms with E-state index in [1.54, 1.807) is 6.20 Å². The maximum Gasteiger partial charge on any atom is 0.290 e. The molecule has 3 rings (SSSR count). The molecule has 0 unspecified atom stereocenters. The summed E-state index contributed by atoms with van der Waals surface area (Å²) < 4.78 is 1.84. The van der Waals surface area contributed by atoms with Crippen molar-refractivity contribution in [3.8, 4) is 0 Å². The summed E-state index contributed by atoms with van der Waals surface area (Å²) in [6, 6.07) is 0.426. The Kier molecular flexibility index (Phi) is 1.34. The van der Waals surface area contributed by atoms with Gasteiger partial charge in [-0.25, -0.2) is 5.10 Å². The molecule has 1 saturated carbocycles. The number of aromatic nitrogens is 4. The maximum absolute atomic E-state index is 11.6. The molecular weight excluding hydrogens is 180 g/mol. The van der Waals surface area contributed by atoms with Crippen molar-refractivity contribution in [3.05, 3.63) is 22.2 Å². The Bertz CT molecular complexity index is 549. The highest BCUT2D eigenvalue weighted by atomic mass is 16.1. The number of nitrogens with one attached hydrogen (secondary N) is 1. The molecule has 0 saturated heterocycles. The van der Waals surface area contributed by atoms with Crippen LogP contribution in [0.2, 0.25) is 0 Å². The minimum Gasteiger partial charge on any atom is -0.266 e. The third-order valence-corrected chi connectivity index (χ3v) is 2.60. The van der Waals surface area contributed by atoms with Crippen LogP contribution < -0.4 is 5.56 Å². The second kappa shape index (κ2) is 2.43. The van der Waals surface area contributed by atoms with E-state index in [9.17, 15) is 4.79 Å². The van der Waals surface area contributed by atoms with Crippen molar-refractivity contribution < 1.29 is 0 Å². The van der Waals surface area contributed by atoms with Crippen LogP contribution in [0.25, 0.3) is 10.9 Å². The average Bonchev–Trinajstić information content (AvgIpc) is 2.94. The monoisotopic (exact) mass is 190 g/mol. The highest BCUT2D eigenvalue weighted by Gasteiger charge is 2.27. The number of hydrogen-bond acceptors (Lipinski definition) is 3. The van der Waals surface area contributed by atoms with E-state index in [0.717, 1.165) is 23.9 Å². The van der Waals surface area contributed by atoms with Gasteiger partial charge in [0.05, 0.1) is 17.9 Å². The van der Waals surface area contributed by atoms with E-state index in [1.165, 1.54) is 0 Å². The molecule has 1 N–H and O–H groups in total. The van der Waals surface area contributed by atoms with Crippen LogP contribution in [0, 0.1) is 6.92 Å². The number of H-pyrrole nitrogens is 1. The first kappa shape index (κ1) is 7.73. The zero-order valence-electron chi connectivity index (χ0n) is 7.82. The lowest BCUT2D eigenvalue weighted by Crippen LogP contribution is -2.12. The molecule has 0 spiro atoms. The summed E-state index contributed by atoms with van der Waals surface area (Å²) >= 11 is 0. The summed E-state index contributed by atoms with van der Waals surface area (Å²) in [5.74, 6) is 0. The second-order valence-corrected chi connectivity index (χ2v) is 3.72. The number of hydrogen-bond donors (Lipinski definition) is 1. The molecule has 0 radical (unpaired) electrons. The van der Waals surface area contributed by atoms with Gasteiger partial charge in [0.15, 0.2) is 0 Å². The van der Waals surface area contributed by atoms with Gasteiger partial charge in [-0.3, -0.25) is 9.48 Å². The number of aromatic amines is 1. The molecule has 1 aliphatic carbocycles. The zero-order chi connectivity index (χ0) is 9.71. The van der Waals surface area contributed by atoms with E-state index >= 15 is 0 Å². The van der Waals surface area contributed by atoms with E-state index in [0.29, 0.717) is 11.6 Å². The summed E-state index contributed by atoms with van der Waals surface area (Å²) in [6.45, 7) is 1.91. The normalized spacial score (nSPS) is 16.4. The predicted octanol–water partition coefficient (Wildman–Crippen LogP) is 0.763. The highest BCUT2D eigenvalue weighted by molar-refractivity contribution is 5.79. The molecule has 0 aliphatic heterocycles. The van der Waals surface area contributed by atoms with E-state index < -0.39 is 0 Å². The SMILES string of the molecule is Cc1nn(C2CC2)c2c(=O)[nH]ncc12. The fourth-order valence-corrected chi connectivity index (χ4v) is 1.73. The lowest BCUT2D eigenvalue weighted by atomic mass is 10.3. The molecule has 0 amide bonds. The van der Waals surface area contributed by atoms with Gasteiger partial charge in [0.2, 0.25) is 0 Å². The van der Waals surface area contributed by atoms with E-state index in [1.807, 2.05) is 11.6 Å². The fraction of sp³-hybridized carbons (Fsp3) is 0.444. The minimum absolute atomic E-state index is 0.144. The molecule has 5 heteroatoms. The van der Waals surface area contributed by atoms with Crippen LogP contribution in [0.1, 0.15) is 24.6 Å². The van der Waals surface area contributed by atoms with Crippen molar-refractivity contribution in [3.63, 3.8) is 0 Å². The second-order valence-electron chi connectivity index (χ2n) is 3.72. The van der Waals surface area contributed by atoms with Gasteiger partial charge in [0, 0.05) is 5.39 Å². The Hall–Kier alpha value is -1.65. The number of rotatable bonds is 1. The molecule has 0 atom stereocenters. The van der Waals surface area contributed by atoms with Crippen molar-refractivity contribution >= 4 is 10.9 Å². The molecule has 2 aromatic rings. The van der Waals surface area contributed by atoms with Crippen molar-refractivity contribution in [2.24, 2.45) is 0 Å². The van der Waals surface area contributed by atoms with Crippen LogP contribution in [-0.2, 0) is 0 Å². The van der Waals surface area contributed by atoms with Crippen molar-refractivity contribution in [1.82, 2.24) is 20.0 Å². The molecule has 72 valence electrons. The van der Waals surface area contributed by atoms with Crippen molar-refractivity contribution in [2.75, 3.05) is 0 Å². The Morgan fingerprint density at radius 3 is 3.07 bits per heavy atom. The van der Waals surface area contributed by atoms with E-state index in [4.69, 9.17) is 0 Å². The van der Waals surface area contributed by atoms with Crippen molar-refractivity contribution in [1.29, 1.82) is 0 Å². The first-order chi connectivity index (χ1) is 6.77. The fourth-order valence-electron chi connectivity index (χ4n) is 1.73. The molecule has 14 heavy (non-hydrogen) atoms. The van der Waals surface area contributed by atoms with Gasteiger partial charge < -0.3 is 0 Å². The molecule has 1 fully saturated rings. The summed E-state index contributed by atoms with van der Waals surface area (Å²) in [4.78, 5) is 11.6. The largest absolute Gasteiger partial charge is 0.290 e. The van der Waals surface area contributed by atoms with E-state index in [-0.39, 0.29) is 5.56 Å². The molecule has 2 aromatic heterocycles. The standard InChI is InChI=1S/C9H10N4O/c1-5-7-4-10-11-9(14)8(7)13(12-5)6-2-3-6/h4,6H,2-3H2,1H3,(H,11,14). The smallest absolute Gasteiger partial charge is 0.266 e. The molecule has 0 aromatic carbocycles. The van der Waals surface area contributed by atoms with Gasteiger partial charge in [-0.05, 0) is 19.8 Å². The number of fused-ring (bicyclic) bond motifs is 1. The van der Waals surface area contributed by atoms with Crippen LogP contribution in [0.4, 0.5) is 0 Å². The van der Waals surface area contributed by atoms with Crippen LogP contribution in [0.3, 0.4) is 0 Å². The Morgan fingerprint density at radius 2 is 2.36 bits per heavy atom. The van der Waals surface area contributed by atoms with Crippen LogP contribution in [-0.4, -0.2) is 20.0 Å². The summed E-state index contributed by atoms with van der Waals surface area (Å²) in [5, 5.41) is 11.5. The first-order valence-corrected chi connectivity index (χ1v) is 4.70. The number of nitrogens with zero attached hydrogens (tertiary/aromatic N) is 3. The first-order valence-electron chi connectivity index (χ1n) is 4.70. The van der Waals surface area contributed by atoms with Gasteiger partial charge >= 0.3 is 0 Å². The third-order valence-electron chi connectivity index (χ3n) is 2.60. The molecular formula is C9H10N4O. The zero-order valence-corrected chi connectivity index (χ0v) is 7.82. The third kappa shape index (κ3) is 0.921. The van der Waals surface area contributed by atoms with Gasteiger partial charge in [-0.15, -0.1) is 0 Å². The molecule has 1 aliphatic rings. The summed E-state index contributed by atoms with van der Waals surface area (Å²) in [6.07, 6.45) is 3.91. The van der Waals surface area contributed by atoms with Gasteiger partial charge in [-0.2, -0.15) is 10.2 Å². The number of aryl methyl sites for hydroxylation is 1. The Balaban J connectivity index is 2.45. The maximum atomic E-state index is 11.6. The molecule has 2 heterocycles. The molecule has 5 nitrogen and oxygen atoms in total. The average molecular weight is 190 g/mol. The highest BCUT2D eigenvalue weighted by Crippen LogP contribution is 2.36. The summed E-state index contributed by atoms with van der Waals surface area (Å²) in [5.41, 5.74) is 1.40. The van der Waals surface area contributed by atoms with Crippen molar-refractivity contribution in [2.45, 2.75) is 25.8 Å². The van der Waals surface area contributed by atoms with Crippen LogP contribution in [0.15, 0.2) is 11.0 Å². The molecule has 0 bridgehead atoms. The quantitative estimate of drug-likeness (QED) is 0.722. The van der Waals surface area contributed by atoms with Crippen LogP contribution in [0.5, 0.6) is 0 Å². The lowest BCUT2D eigenvalue weighted by Gasteiger charge is -1.96. The van der Waals surface area contributed by atoms with Gasteiger partial charge in [0.25, 0.3) is 5.56 Å². The topological polar surface area (TPSA) is 63.6 Å².